The molecule has 0 aliphatic heterocycles. The number of amides is 1. The van der Waals surface area contributed by atoms with Crippen molar-refractivity contribution in [1.29, 1.82) is 0 Å². The van der Waals surface area contributed by atoms with Crippen LogP contribution in [0.5, 0.6) is 0 Å². The Morgan fingerprint density at radius 3 is 2.90 bits per heavy atom. The molecule has 3 N–H and O–H groups in total. The van der Waals surface area contributed by atoms with Gasteiger partial charge in [-0.15, -0.1) is 6.58 Å². The lowest BCUT2D eigenvalue weighted by Gasteiger charge is -2.12. The maximum absolute atomic E-state index is 12.4. The van der Waals surface area contributed by atoms with Gasteiger partial charge in [0, 0.05) is 25.0 Å². The number of pyridine rings is 1. The van der Waals surface area contributed by atoms with Crippen molar-refractivity contribution in [3.8, 4) is 0 Å². The second-order valence-corrected chi connectivity index (χ2v) is 4.40. The van der Waals surface area contributed by atoms with E-state index in [-0.39, 0.29) is 11.0 Å². The number of hydrogen-bond acceptors (Lipinski definition) is 3. The quantitative estimate of drug-likeness (QED) is 0.654. The van der Waals surface area contributed by atoms with Crippen LogP contribution in [-0.4, -0.2) is 17.0 Å². The number of nitrogens with zero attached hydrogens (tertiary/aromatic N) is 1. The number of hydrogen-bond donors (Lipinski definition) is 2. The smallest absolute Gasteiger partial charge is 0.257 e. The molecule has 1 heterocycles. The Balaban J connectivity index is 2.71. The van der Waals surface area contributed by atoms with Gasteiger partial charge in [-0.25, -0.2) is 0 Å². The molecular weight excluding hydrogens is 254 g/mol. The molecule has 0 aliphatic carbocycles. The molecule has 0 bridgehead atoms. The van der Waals surface area contributed by atoms with Gasteiger partial charge in [0.05, 0.1) is 10.9 Å². The maximum Gasteiger partial charge on any atom is 0.257 e. The van der Waals surface area contributed by atoms with Gasteiger partial charge in [-0.2, -0.15) is 0 Å². The molecule has 0 fully saturated rings. The standard InChI is InChI=1S/C15H17N3O2/c1-3-8-17-15(20)10-9-18(4-2)12-7-5-6-11(16)13(12)14(10)19/h3,5-7,9H,1,4,8,16H2,2H3,(H,17,20). The van der Waals surface area contributed by atoms with E-state index in [1.165, 1.54) is 0 Å². The fourth-order valence-corrected chi connectivity index (χ4v) is 2.15. The number of benzene rings is 1. The largest absolute Gasteiger partial charge is 0.398 e. The molecule has 0 radical (unpaired) electrons. The van der Waals surface area contributed by atoms with Gasteiger partial charge in [-0.3, -0.25) is 9.59 Å². The molecule has 5 heteroatoms. The maximum atomic E-state index is 12.4. The van der Waals surface area contributed by atoms with Gasteiger partial charge < -0.3 is 15.6 Å². The lowest BCUT2D eigenvalue weighted by molar-refractivity contribution is 0.0956. The molecule has 0 saturated heterocycles. The van der Waals surface area contributed by atoms with E-state index in [4.69, 9.17) is 5.73 Å². The third-order valence-electron chi connectivity index (χ3n) is 3.13. The first-order valence-corrected chi connectivity index (χ1v) is 6.40. The van der Waals surface area contributed by atoms with Crippen LogP contribution in [0.1, 0.15) is 17.3 Å². The van der Waals surface area contributed by atoms with Crippen LogP contribution < -0.4 is 16.5 Å². The SMILES string of the molecule is C=CCNC(=O)c1cn(CC)c2cccc(N)c2c1=O. The third-order valence-corrected chi connectivity index (χ3v) is 3.13. The van der Waals surface area contributed by atoms with Crippen LogP contribution in [0, 0.1) is 0 Å². The first-order chi connectivity index (χ1) is 9.60. The highest BCUT2D eigenvalue weighted by Gasteiger charge is 2.15. The van der Waals surface area contributed by atoms with E-state index in [1.54, 1.807) is 24.4 Å². The van der Waals surface area contributed by atoms with Crippen molar-refractivity contribution < 1.29 is 4.79 Å². The fourth-order valence-electron chi connectivity index (χ4n) is 2.15. The number of nitrogens with one attached hydrogen (secondary N) is 1. The van der Waals surface area contributed by atoms with Crippen molar-refractivity contribution in [1.82, 2.24) is 9.88 Å². The van der Waals surface area contributed by atoms with Crippen molar-refractivity contribution >= 4 is 22.5 Å². The second kappa shape index (κ2) is 5.61. The lowest BCUT2D eigenvalue weighted by atomic mass is 10.1. The summed E-state index contributed by atoms with van der Waals surface area (Å²) in [6.45, 7) is 6.42. The van der Waals surface area contributed by atoms with Crippen LogP contribution in [0.2, 0.25) is 0 Å². The highest BCUT2D eigenvalue weighted by Crippen LogP contribution is 2.18. The van der Waals surface area contributed by atoms with E-state index in [0.29, 0.717) is 24.2 Å². The van der Waals surface area contributed by atoms with Crippen LogP contribution in [-0.2, 0) is 6.54 Å². The number of carbonyl (C=O) groups excluding carboxylic acids is 1. The van der Waals surface area contributed by atoms with Crippen LogP contribution in [0.3, 0.4) is 0 Å². The summed E-state index contributed by atoms with van der Waals surface area (Å²) in [5, 5.41) is 3.00. The van der Waals surface area contributed by atoms with Crippen molar-refractivity contribution in [3.05, 3.63) is 52.8 Å². The Bertz CT molecular complexity index is 732. The monoisotopic (exact) mass is 271 g/mol. The van der Waals surface area contributed by atoms with Gasteiger partial charge in [-0.1, -0.05) is 12.1 Å². The molecular formula is C15H17N3O2. The molecule has 1 amide bonds. The van der Waals surface area contributed by atoms with Crippen LogP contribution >= 0.6 is 0 Å². The molecule has 1 aromatic heterocycles. The highest BCUT2D eigenvalue weighted by atomic mass is 16.2. The minimum atomic E-state index is -0.415. The summed E-state index contributed by atoms with van der Waals surface area (Å²) in [5.74, 6) is -0.415. The van der Waals surface area contributed by atoms with E-state index in [2.05, 4.69) is 11.9 Å². The molecule has 1 aromatic carbocycles. The highest BCUT2D eigenvalue weighted by molar-refractivity contribution is 6.00. The predicted molar refractivity (Wildman–Crippen MR) is 80.8 cm³/mol. The van der Waals surface area contributed by atoms with Crippen molar-refractivity contribution in [2.75, 3.05) is 12.3 Å². The molecule has 2 aromatic rings. The Morgan fingerprint density at radius 1 is 1.50 bits per heavy atom. The van der Waals surface area contributed by atoms with Crippen LogP contribution in [0.25, 0.3) is 10.9 Å². The summed E-state index contributed by atoms with van der Waals surface area (Å²) >= 11 is 0. The number of aromatic nitrogens is 1. The van der Waals surface area contributed by atoms with E-state index < -0.39 is 5.91 Å². The van der Waals surface area contributed by atoms with Gasteiger partial charge in [0.25, 0.3) is 5.91 Å². The molecule has 5 nitrogen and oxygen atoms in total. The molecule has 0 spiro atoms. The topological polar surface area (TPSA) is 77.1 Å². The summed E-state index contributed by atoms with van der Waals surface area (Å²) in [6, 6.07) is 5.28. The zero-order chi connectivity index (χ0) is 14.7. The minimum absolute atomic E-state index is 0.0964. The zero-order valence-corrected chi connectivity index (χ0v) is 11.3. The molecule has 2 rings (SSSR count). The van der Waals surface area contributed by atoms with E-state index in [1.807, 2.05) is 17.6 Å². The van der Waals surface area contributed by atoms with Crippen molar-refractivity contribution in [2.24, 2.45) is 0 Å². The molecule has 0 aliphatic rings. The van der Waals surface area contributed by atoms with Crippen LogP contribution in [0.15, 0.2) is 41.8 Å². The Hall–Kier alpha value is -2.56. The molecule has 0 unspecified atom stereocenters. The van der Waals surface area contributed by atoms with E-state index in [9.17, 15) is 9.59 Å². The Kier molecular flexibility index (Phi) is 3.89. The number of anilines is 1. The average Bonchev–Trinajstić information content (AvgIpc) is 2.45. The van der Waals surface area contributed by atoms with Gasteiger partial charge >= 0.3 is 0 Å². The third kappa shape index (κ3) is 2.30. The number of carbonyl (C=O) groups is 1. The summed E-state index contributed by atoms with van der Waals surface area (Å²) in [5.41, 5.74) is 6.76. The summed E-state index contributed by atoms with van der Waals surface area (Å²) in [7, 11) is 0. The molecule has 0 atom stereocenters. The van der Waals surface area contributed by atoms with Gasteiger partial charge in [0.2, 0.25) is 5.43 Å². The molecule has 0 saturated carbocycles. The first kappa shape index (κ1) is 13.9. The summed E-state index contributed by atoms with van der Waals surface area (Å²) in [6.07, 6.45) is 3.13. The first-order valence-electron chi connectivity index (χ1n) is 6.40. The van der Waals surface area contributed by atoms with Gasteiger partial charge in [0.15, 0.2) is 0 Å². The molecule has 104 valence electrons. The number of nitrogen functional groups attached to an aromatic ring is 1. The summed E-state index contributed by atoms with van der Waals surface area (Å²) < 4.78 is 1.84. The van der Waals surface area contributed by atoms with E-state index in [0.717, 1.165) is 5.52 Å². The Labute approximate surface area is 116 Å². The van der Waals surface area contributed by atoms with Crippen molar-refractivity contribution in [3.63, 3.8) is 0 Å². The van der Waals surface area contributed by atoms with Crippen LogP contribution in [0.4, 0.5) is 5.69 Å². The number of fused-ring (bicyclic) bond motifs is 1. The summed E-state index contributed by atoms with van der Waals surface area (Å²) in [4.78, 5) is 24.5. The van der Waals surface area contributed by atoms with Gasteiger partial charge in [-0.05, 0) is 19.1 Å². The van der Waals surface area contributed by atoms with Gasteiger partial charge in [0.1, 0.15) is 5.56 Å². The number of rotatable bonds is 4. The normalized spacial score (nSPS) is 10.4. The second-order valence-electron chi connectivity index (χ2n) is 4.40. The predicted octanol–water partition coefficient (Wildman–Crippen LogP) is 1.52. The lowest BCUT2D eigenvalue weighted by Crippen LogP contribution is -2.30. The molecule has 20 heavy (non-hydrogen) atoms. The fraction of sp³-hybridized carbons (Fsp3) is 0.200. The minimum Gasteiger partial charge on any atom is -0.398 e. The number of nitrogens with two attached hydrogens (primary N) is 1. The zero-order valence-electron chi connectivity index (χ0n) is 11.3. The average molecular weight is 271 g/mol. The Morgan fingerprint density at radius 2 is 2.25 bits per heavy atom. The number of aryl methyl sites for hydroxylation is 1. The van der Waals surface area contributed by atoms with E-state index >= 15 is 0 Å². The van der Waals surface area contributed by atoms with Crippen molar-refractivity contribution in [2.45, 2.75) is 13.5 Å².